The van der Waals surface area contributed by atoms with Crippen molar-refractivity contribution in [2.45, 2.75) is 17.6 Å². The van der Waals surface area contributed by atoms with Crippen LogP contribution in [0.4, 0.5) is 5.95 Å². The maximum atomic E-state index is 13.6. The third-order valence-corrected chi connectivity index (χ3v) is 7.01. The van der Waals surface area contributed by atoms with Crippen LogP contribution >= 0.6 is 11.6 Å². The predicted molar refractivity (Wildman–Crippen MR) is 123 cm³/mol. The summed E-state index contributed by atoms with van der Waals surface area (Å²) in [7, 11) is -3.65. The molecule has 0 amide bonds. The van der Waals surface area contributed by atoms with E-state index in [1.807, 2.05) is 35.2 Å². The standard InChI is InChI=1S/C21H17ClN8O3S.ClH/c1-34(32,33)20-24-19-23-9-12-28(19)21(25-20)27-10-8-15(27)17-26-29-11-7-14(22)16(29)18(31)30(17)13-5-3-2-4-6-13;/h2-7,9,11-12,15H,8,10H2,1H3;1H/t15-;/m0./s1. The molecule has 0 spiro atoms. The van der Waals surface area contributed by atoms with Gasteiger partial charge in [-0.05, 0) is 29.6 Å². The Morgan fingerprint density at radius 2 is 1.89 bits per heavy atom. The first-order chi connectivity index (χ1) is 16.3. The molecular formula is C21H18Cl2N8O3S. The van der Waals surface area contributed by atoms with Crippen molar-refractivity contribution in [2.75, 3.05) is 17.7 Å². The summed E-state index contributed by atoms with van der Waals surface area (Å²) in [4.78, 5) is 26.9. The van der Waals surface area contributed by atoms with E-state index in [-0.39, 0.29) is 34.7 Å². The van der Waals surface area contributed by atoms with Gasteiger partial charge in [-0.3, -0.25) is 9.36 Å². The summed E-state index contributed by atoms with van der Waals surface area (Å²) in [5.74, 6) is 1.23. The summed E-state index contributed by atoms with van der Waals surface area (Å²) >= 11 is 6.29. The van der Waals surface area contributed by atoms with Gasteiger partial charge in [-0.1, -0.05) is 29.8 Å². The topological polar surface area (TPSA) is 121 Å². The van der Waals surface area contributed by atoms with E-state index in [9.17, 15) is 13.2 Å². The highest BCUT2D eigenvalue weighted by Gasteiger charge is 2.39. The van der Waals surface area contributed by atoms with Gasteiger partial charge in [0.2, 0.25) is 9.84 Å². The number of fused-ring (bicyclic) bond motifs is 2. The van der Waals surface area contributed by atoms with Crippen LogP contribution in [0, 0.1) is 0 Å². The predicted octanol–water partition coefficient (Wildman–Crippen LogP) is -1.65. The van der Waals surface area contributed by atoms with Crippen molar-refractivity contribution in [3.8, 4) is 5.69 Å². The lowest BCUT2D eigenvalue weighted by Gasteiger charge is -2.40. The van der Waals surface area contributed by atoms with Crippen LogP contribution in [0.2, 0.25) is 5.02 Å². The number of anilines is 1. The van der Waals surface area contributed by atoms with Gasteiger partial charge in [0.1, 0.15) is 11.7 Å². The van der Waals surface area contributed by atoms with E-state index in [1.54, 1.807) is 33.6 Å². The second-order valence-corrected chi connectivity index (χ2v) is 10.3. The molecule has 1 saturated heterocycles. The number of sulfone groups is 1. The van der Waals surface area contributed by atoms with E-state index in [4.69, 9.17) is 16.7 Å². The first-order valence-corrected chi connectivity index (χ1v) is 12.7. The molecule has 11 nitrogen and oxygen atoms in total. The maximum absolute atomic E-state index is 13.6. The van der Waals surface area contributed by atoms with Crippen molar-refractivity contribution in [2.24, 2.45) is 0 Å². The molecule has 0 saturated carbocycles. The minimum absolute atomic E-state index is 0. The zero-order valence-electron chi connectivity index (χ0n) is 18.2. The minimum Gasteiger partial charge on any atom is -1.00 e. The van der Waals surface area contributed by atoms with Crippen LogP contribution < -0.4 is 27.9 Å². The van der Waals surface area contributed by atoms with E-state index < -0.39 is 9.84 Å². The zero-order chi connectivity index (χ0) is 23.6. The summed E-state index contributed by atoms with van der Waals surface area (Å²) in [5, 5.41) is 4.78. The molecule has 6 rings (SSSR count). The average molecular weight is 533 g/mol. The summed E-state index contributed by atoms with van der Waals surface area (Å²) in [6.45, 7) is 0.591. The van der Waals surface area contributed by atoms with Crippen LogP contribution in [0.1, 0.15) is 18.3 Å². The summed E-state index contributed by atoms with van der Waals surface area (Å²) in [5.41, 5.74) is 0.640. The Kier molecular flexibility index (Phi) is 5.54. The number of halogens is 2. The number of rotatable bonds is 4. The number of hydrogen-bond donors (Lipinski definition) is 0. The highest BCUT2D eigenvalue weighted by Crippen LogP contribution is 2.36. The van der Waals surface area contributed by atoms with Crippen molar-refractivity contribution in [3.63, 3.8) is 0 Å². The van der Waals surface area contributed by atoms with Gasteiger partial charge in [-0.2, -0.15) is 14.5 Å². The summed E-state index contributed by atoms with van der Waals surface area (Å²) in [6, 6.07) is 10.5. The Hall–Kier alpha value is -3.48. The molecule has 5 aromatic rings. The van der Waals surface area contributed by atoms with Gasteiger partial charge in [-0.15, -0.1) is 0 Å². The Balaban J connectivity index is 0.00000253. The second kappa shape index (κ2) is 8.33. The molecule has 5 heterocycles. The van der Waals surface area contributed by atoms with Gasteiger partial charge in [0.05, 0.1) is 22.9 Å². The van der Waals surface area contributed by atoms with Crippen molar-refractivity contribution in [1.82, 2.24) is 28.5 Å². The fourth-order valence-electron chi connectivity index (χ4n) is 4.18. The van der Waals surface area contributed by atoms with E-state index in [2.05, 4.69) is 15.0 Å². The minimum atomic E-state index is -3.65. The molecule has 1 aliphatic heterocycles. The van der Waals surface area contributed by atoms with Crippen LogP contribution in [0.5, 0.6) is 0 Å². The fourth-order valence-corrected chi connectivity index (χ4v) is 4.91. The monoisotopic (exact) mass is 532 g/mol. The molecule has 0 radical (unpaired) electrons. The Labute approximate surface area is 210 Å². The van der Waals surface area contributed by atoms with Gasteiger partial charge >= 0.3 is 10.9 Å². The number of aromatic nitrogens is 7. The van der Waals surface area contributed by atoms with E-state index in [0.717, 1.165) is 6.26 Å². The molecule has 1 N–H and O–H groups in total. The molecule has 180 valence electrons. The highest BCUT2D eigenvalue weighted by molar-refractivity contribution is 7.90. The van der Waals surface area contributed by atoms with Gasteiger partial charge in [0, 0.05) is 19.0 Å². The molecule has 0 unspecified atom stereocenters. The van der Waals surface area contributed by atoms with Crippen LogP contribution in [-0.4, -0.2) is 49.8 Å². The Bertz CT molecular complexity index is 1750. The molecule has 1 atom stereocenters. The SMILES string of the molecule is CS(=O)(=O)c1nc(N2CC[C@H]2c2nn3ccc(Cl)c3c(=O)n2-c2ccccc2)n2cc[nH+]c2n1.[Cl-]. The number of nitrogens with one attached hydrogen (secondary N) is 1. The molecule has 14 heteroatoms. The number of benzene rings is 1. The molecule has 1 aliphatic rings. The molecule has 0 bridgehead atoms. The number of nitrogens with zero attached hydrogens (tertiary/aromatic N) is 7. The maximum Gasteiger partial charge on any atom is 0.406 e. The summed E-state index contributed by atoms with van der Waals surface area (Å²) < 4.78 is 29.2. The van der Waals surface area contributed by atoms with Crippen LogP contribution in [-0.2, 0) is 9.84 Å². The molecule has 1 fully saturated rings. The second-order valence-electron chi connectivity index (χ2n) is 8.02. The fraction of sp³-hybridized carbons (Fsp3) is 0.190. The van der Waals surface area contributed by atoms with Gasteiger partial charge in [0.15, 0.2) is 5.82 Å². The molecule has 0 aliphatic carbocycles. The van der Waals surface area contributed by atoms with Crippen LogP contribution in [0.3, 0.4) is 0 Å². The first-order valence-electron chi connectivity index (χ1n) is 10.4. The van der Waals surface area contributed by atoms with Crippen LogP contribution in [0.15, 0.2) is 64.9 Å². The normalized spacial score (nSPS) is 15.8. The quantitative estimate of drug-likeness (QED) is 0.272. The molecule has 4 aromatic heterocycles. The van der Waals surface area contributed by atoms with Crippen LogP contribution in [0.25, 0.3) is 17.0 Å². The van der Waals surface area contributed by atoms with E-state index in [0.29, 0.717) is 41.2 Å². The largest absolute Gasteiger partial charge is 1.00 e. The van der Waals surface area contributed by atoms with E-state index in [1.165, 1.54) is 4.52 Å². The zero-order valence-corrected chi connectivity index (χ0v) is 20.5. The third kappa shape index (κ3) is 3.65. The first kappa shape index (κ1) is 23.3. The third-order valence-electron chi connectivity index (χ3n) is 5.86. The van der Waals surface area contributed by atoms with Crippen molar-refractivity contribution >= 4 is 38.7 Å². The van der Waals surface area contributed by atoms with Gasteiger partial charge in [0.25, 0.3) is 11.5 Å². The Morgan fingerprint density at radius 1 is 1.11 bits per heavy atom. The number of imidazole rings is 1. The van der Waals surface area contributed by atoms with Gasteiger partial charge in [-0.25, -0.2) is 17.9 Å². The van der Waals surface area contributed by atoms with Crippen molar-refractivity contribution < 1.29 is 25.8 Å². The number of aromatic amines is 1. The number of H-pyrrole nitrogens is 1. The molecule has 35 heavy (non-hydrogen) atoms. The lowest BCUT2D eigenvalue weighted by molar-refractivity contribution is -0.347. The summed E-state index contributed by atoms with van der Waals surface area (Å²) in [6.07, 6.45) is 6.77. The highest BCUT2D eigenvalue weighted by atomic mass is 35.5. The van der Waals surface area contributed by atoms with Gasteiger partial charge < -0.3 is 17.3 Å². The van der Waals surface area contributed by atoms with Crippen molar-refractivity contribution in [3.05, 3.63) is 76.2 Å². The van der Waals surface area contributed by atoms with Crippen molar-refractivity contribution in [1.29, 1.82) is 0 Å². The average Bonchev–Trinajstić information content (AvgIpc) is 3.40. The lowest BCUT2D eigenvalue weighted by Crippen LogP contribution is -3.00. The van der Waals surface area contributed by atoms with E-state index >= 15 is 0 Å². The number of para-hydroxylation sites is 1. The smallest absolute Gasteiger partial charge is 0.406 e. The Morgan fingerprint density at radius 3 is 2.57 bits per heavy atom. The number of hydrogen-bond acceptors (Lipinski definition) is 7. The lowest BCUT2D eigenvalue weighted by atomic mass is 10.0. The molecular weight excluding hydrogens is 515 g/mol. The molecule has 1 aromatic carbocycles.